The summed E-state index contributed by atoms with van der Waals surface area (Å²) in [5, 5.41) is 11.6. The normalized spacial score (nSPS) is 14.5. The Morgan fingerprint density at radius 1 is 1.00 bits per heavy atom. The number of amides is 1. The van der Waals surface area contributed by atoms with Gasteiger partial charge in [0.2, 0.25) is 0 Å². The van der Waals surface area contributed by atoms with Crippen molar-refractivity contribution in [2.75, 3.05) is 26.2 Å². The topological polar surface area (TPSA) is 56.2 Å². The highest BCUT2D eigenvalue weighted by Crippen LogP contribution is 2.12. The molecule has 0 saturated carbocycles. The van der Waals surface area contributed by atoms with Crippen LogP contribution in [0.3, 0.4) is 0 Å². The average Bonchev–Trinajstić information content (AvgIpc) is 2.63. The highest BCUT2D eigenvalue weighted by atomic mass is 16.2. The van der Waals surface area contributed by atoms with Crippen molar-refractivity contribution in [1.29, 1.82) is 5.41 Å². The summed E-state index contributed by atoms with van der Waals surface area (Å²) in [6, 6.07) is 17.4. The highest BCUT2D eigenvalue weighted by molar-refractivity contribution is 6.02. The van der Waals surface area contributed by atoms with Crippen molar-refractivity contribution >= 4 is 11.6 Å². The van der Waals surface area contributed by atoms with Gasteiger partial charge in [0.05, 0.1) is 0 Å². The van der Waals surface area contributed by atoms with E-state index in [-0.39, 0.29) is 5.91 Å². The third kappa shape index (κ3) is 3.85. The van der Waals surface area contributed by atoms with E-state index in [0.29, 0.717) is 17.7 Å². The molecule has 0 unspecified atom stereocenters. The lowest BCUT2D eigenvalue weighted by Gasteiger charge is -2.27. The number of hydrogen-bond donors (Lipinski definition) is 2. The molecule has 1 fully saturated rings. The van der Waals surface area contributed by atoms with Crippen LogP contribution in [-0.4, -0.2) is 42.7 Å². The molecule has 1 amide bonds. The lowest BCUT2D eigenvalue weighted by atomic mass is 10.00. The number of carbonyl (C=O) groups is 1. The Morgan fingerprint density at radius 3 is 2.43 bits per heavy atom. The van der Waals surface area contributed by atoms with Gasteiger partial charge in [0.15, 0.2) is 0 Å². The number of benzene rings is 2. The first kappa shape index (κ1) is 15.4. The summed E-state index contributed by atoms with van der Waals surface area (Å²) in [7, 11) is 0. The highest BCUT2D eigenvalue weighted by Gasteiger charge is 2.18. The van der Waals surface area contributed by atoms with Crippen LogP contribution in [0.15, 0.2) is 54.6 Å². The van der Waals surface area contributed by atoms with Gasteiger partial charge in [0.1, 0.15) is 0 Å². The van der Waals surface area contributed by atoms with E-state index in [1.54, 1.807) is 0 Å². The maximum atomic E-state index is 12.6. The molecule has 1 aliphatic rings. The Labute approximate surface area is 136 Å². The van der Waals surface area contributed by atoms with Gasteiger partial charge in [-0.05, 0) is 23.3 Å². The van der Waals surface area contributed by atoms with Crippen LogP contribution in [0.25, 0.3) is 0 Å². The first-order valence-corrected chi connectivity index (χ1v) is 7.96. The molecule has 0 aliphatic carbocycles. The lowest BCUT2D eigenvalue weighted by Crippen LogP contribution is -2.46. The molecule has 3 rings (SSSR count). The third-order valence-electron chi connectivity index (χ3n) is 4.09. The summed E-state index contributed by atoms with van der Waals surface area (Å²) in [6.45, 7) is 3.17. The Balaban J connectivity index is 1.74. The smallest absolute Gasteiger partial charge is 0.253 e. The van der Waals surface area contributed by atoms with Crippen LogP contribution in [0.1, 0.15) is 21.5 Å². The van der Waals surface area contributed by atoms with Crippen LogP contribution in [-0.2, 0) is 6.42 Å². The van der Waals surface area contributed by atoms with Crippen LogP contribution in [0.4, 0.5) is 0 Å². The molecule has 4 nitrogen and oxygen atoms in total. The average molecular weight is 307 g/mol. The van der Waals surface area contributed by atoms with Crippen LogP contribution in [0, 0.1) is 5.41 Å². The molecule has 0 bridgehead atoms. The molecule has 1 saturated heterocycles. The molecule has 1 heterocycles. The summed E-state index contributed by atoms with van der Waals surface area (Å²) < 4.78 is 0. The van der Waals surface area contributed by atoms with Gasteiger partial charge >= 0.3 is 0 Å². The lowest BCUT2D eigenvalue weighted by molar-refractivity contribution is 0.0736. The molecule has 0 atom stereocenters. The summed E-state index contributed by atoms with van der Waals surface area (Å²) in [5.41, 5.74) is 3.12. The van der Waals surface area contributed by atoms with E-state index in [4.69, 9.17) is 5.41 Å². The van der Waals surface area contributed by atoms with E-state index in [1.165, 1.54) is 0 Å². The SMILES string of the molecule is N=C(Cc1ccccc1)c1cccc(C(=O)N2CCNCC2)c1. The summed E-state index contributed by atoms with van der Waals surface area (Å²) in [6.07, 6.45) is 0.576. The molecular weight excluding hydrogens is 286 g/mol. The molecule has 2 aromatic carbocycles. The minimum atomic E-state index is 0.0564. The van der Waals surface area contributed by atoms with Crippen molar-refractivity contribution in [3.63, 3.8) is 0 Å². The number of rotatable bonds is 4. The summed E-state index contributed by atoms with van der Waals surface area (Å²) in [5.74, 6) is 0.0564. The molecule has 23 heavy (non-hydrogen) atoms. The van der Waals surface area contributed by atoms with Gasteiger partial charge < -0.3 is 15.6 Å². The van der Waals surface area contributed by atoms with Crippen LogP contribution in [0.5, 0.6) is 0 Å². The molecule has 2 N–H and O–H groups in total. The van der Waals surface area contributed by atoms with Crippen molar-refractivity contribution in [1.82, 2.24) is 10.2 Å². The van der Waals surface area contributed by atoms with Gasteiger partial charge in [-0.15, -0.1) is 0 Å². The number of nitrogens with zero attached hydrogens (tertiary/aromatic N) is 1. The van der Waals surface area contributed by atoms with Crippen molar-refractivity contribution in [2.24, 2.45) is 0 Å². The van der Waals surface area contributed by atoms with Gasteiger partial charge in [-0.1, -0.05) is 42.5 Å². The standard InChI is InChI=1S/C19H21N3O/c20-18(13-15-5-2-1-3-6-15)16-7-4-8-17(14-16)19(23)22-11-9-21-10-12-22/h1-8,14,20-21H,9-13H2. The van der Waals surface area contributed by atoms with Crippen LogP contribution in [0.2, 0.25) is 0 Å². The van der Waals surface area contributed by atoms with Crippen molar-refractivity contribution in [3.05, 3.63) is 71.3 Å². The molecule has 118 valence electrons. The minimum Gasteiger partial charge on any atom is -0.336 e. The summed E-state index contributed by atoms with van der Waals surface area (Å²) in [4.78, 5) is 14.4. The third-order valence-corrected chi connectivity index (χ3v) is 4.09. The zero-order valence-corrected chi connectivity index (χ0v) is 13.1. The molecule has 2 aromatic rings. The second kappa shape index (κ2) is 7.20. The van der Waals surface area contributed by atoms with E-state index in [0.717, 1.165) is 37.3 Å². The number of piperazine rings is 1. The Bertz CT molecular complexity index is 691. The van der Waals surface area contributed by atoms with Crippen molar-refractivity contribution in [3.8, 4) is 0 Å². The Morgan fingerprint density at radius 2 is 1.70 bits per heavy atom. The number of carbonyl (C=O) groups excluding carboxylic acids is 1. The Kier molecular flexibility index (Phi) is 4.83. The van der Waals surface area contributed by atoms with E-state index in [1.807, 2.05) is 59.5 Å². The molecule has 4 heteroatoms. The van der Waals surface area contributed by atoms with E-state index in [2.05, 4.69) is 5.32 Å². The minimum absolute atomic E-state index is 0.0564. The first-order chi connectivity index (χ1) is 11.2. The van der Waals surface area contributed by atoms with Crippen molar-refractivity contribution < 1.29 is 4.79 Å². The fourth-order valence-corrected chi connectivity index (χ4v) is 2.79. The predicted octanol–water partition coefficient (Wildman–Crippen LogP) is 2.34. The largest absolute Gasteiger partial charge is 0.336 e. The molecule has 1 aliphatic heterocycles. The first-order valence-electron chi connectivity index (χ1n) is 7.96. The molecular formula is C19H21N3O. The monoisotopic (exact) mass is 307 g/mol. The van der Waals surface area contributed by atoms with E-state index >= 15 is 0 Å². The predicted molar refractivity (Wildman–Crippen MR) is 92.2 cm³/mol. The van der Waals surface area contributed by atoms with Gasteiger partial charge in [-0.2, -0.15) is 0 Å². The van der Waals surface area contributed by atoms with E-state index in [9.17, 15) is 4.79 Å². The van der Waals surface area contributed by atoms with Crippen LogP contribution < -0.4 is 5.32 Å². The molecule has 0 aromatic heterocycles. The summed E-state index contributed by atoms with van der Waals surface area (Å²) >= 11 is 0. The fraction of sp³-hybridized carbons (Fsp3) is 0.263. The zero-order chi connectivity index (χ0) is 16.1. The Hall–Kier alpha value is -2.46. The van der Waals surface area contributed by atoms with Crippen molar-refractivity contribution in [2.45, 2.75) is 6.42 Å². The number of nitrogens with one attached hydrogen (secondary N) is 2. The molecule has 0 spiro atoms. The second-order valence-electron chi connectivity index (χ2n) is 5.76. The fourth-order valence-electron chi connectivity index (χ4n) is 2.79. The quantitative estimate of drug-likeness (QED) is 0.852. The second-order valence-corrected chi connectivity index (χ2v) is 5.76. The van der Waals surface area contributed by atoms with Crippen LogP contribution >= 0.6 is 0 Å². The van der Waals surface area contributed by atoms with E-state index < -0.39 is 0 Å². The van der Waals surface area contributed by atoms with Gasteiger partial charge in [-0.25, -0.2) is 0 Å². The van der Waals surface area contributed by atoms with Gasteiger partial charge in [0.25, 0.3) is 5.91 Å². The molecule has 0 radical (unpaired) electrons. The maximum Gasteiger partial charge on any atom is 0.253 e. The maximum absolute atomic E-state index is 12.6. The van der Waals surface area contributed by atoms with Gasteiger partial charge in [0, 0.05) is 43.9 Å². The van der Waals surface area contributed by atoms with Gasteiger partial charge in [-0.3, -0.25) is 4.79 Å². The number of hydrogen-bond acceptors (Lipinski definition) is 3. The zero-order valence-electron chi connectivity index (χ0n) is 13.1.